The molecule has 1 aromatic rings. The maximum absolute atomic E-state index is 10.9. The molecule has 0 radical (unpaired) electrons. The van der Waals surface area contributed by atoms with Crippen molar-refractivity contribution in [1.82, 2.24) is 9.88 Å². The van der Waals surface area contributed by atoms with E-state index < -0.39 is 6.09 Å². The summed E-state index contributed by atoms with van der Waals surface area (Å²) < 4.78 is 0. The predicted octanol–water partition coefficient (Wildman–Crippen LogP) is 3.02. The fraction of sp³-hybridized carbons (Fsp3) is 0.571. The molecule has 0 bridgehead atoms. The Morgan fingerprint density at radius 1 is 1.37 bits per heavy atom. The van der Waals surface area contributed by atoms with Crippen LogP contribution in [0.5, 0.6) is 0 Å². The summed E-state index contributed by atoms with van der Waals surface area (Å²) >= 11 is 0. The van der Waals surface area contributed by atoms with Crippen LogP contribution in [0.3, 0.4) is 0 Å². The first-order valence-electron chi connectivity index (χ1n) is 6.47. The van der Waals surface area contributed by atoms with Gasteiger partial charge in [0.25, 0.3) is 0 Å². The van der Waals surface area contributed by atoms with E-state index in [4.69, 9.17) is 10.8 Å². The van der Waals surface area contributed by atoms with Gasteiger partial charge in [-0.25, -0.2) is 4.79 Å². The average molecular weight is 265 g/mol. The van der Waals surface area contributed by atoms with Gasteiger partial charge >= 0.3 is 6.09 Å². The number of pyridine rings is 1. The van der Waals surface area contributed by atoms with Crippen LogP contribution < -0.4 is 5.73 Å². The van der Waals surface area contributed by atoms with Crippen LogP contribution in [0.1, 0.15) is 56.5 Å². The first kappa shape index (κ1) is 15.3. The van der Waals surface area contributed by atoms with E-state index in [1.165, 1.54) is 11.9 Å². The SMILES string of the molecule is CC(C)c1cc(CN(C)C(=O)O)nc(C(C)C)c1N. The molecule has 0 aliphatic heterocycles. The molecule has 0 unspecified atom stereocenters. The Bertz CT molecular complexity index is 441. The van der Waals surface area contributed by atoms with Gasteiger partial charge in [0.05, 0.1) is 23.6 Å². The Hall–Kier alpha value is -1.78. The minimum atomic E-state index is -0.962. The molecule has 3 N–H and O–H groups in total. The van der Waals surface area contributed by atoms with Crippen LogP contribution in [0.2, 0.25) is 0 Å². The molecular formula is C14H23N3O2. The maximum atomic E-state index is 10.9. The molecule has 0 aromatic carbocycles. The normalized spacial score (nSPS) is 11.1. The third kappa shape index (κ3) is 3.59. The van der Waals surface area contributed by atoms with Gasteiger partial charge < -0.3 is 15.7 Å². The summed E-state index contributed by atoms with van der Waals surface area (Å²) in [6, 6.07) is 1.91. The van der Waals surface area contributed by atoms with Crippen molar-refractivity contribution in [2.24, 2.45) is 0 Å². The second-order valence-corrected chi connectivity index (χ2v) is 5.45. The van der Waals surface area contributed by atoms with Gasteiger partial charge in [0.1, 0.15) is 0 Å². The lowest BCUT2D eigenvalue weighted by molar-refractivity contribution is 0.153. The molecule has 0 spiro atoms. The number of carbonyl (C=O) groups is 1. The molecule has 0 atom stereocenters. The lowest BCUT2D eigenvalue weighted by Gasteiger charge is -2.19. The molecule has 5 nitrogen and oxygen atoms in total. The fourth-order valence-corrected chi connectivity index (χ4v) is 1.96. The first-order valence-corrected chi connectivity index (χ1v) is 6.47. The predicted molar refractivity (Wildman–Crippen MR) is 76.3 cm³/mol. The van der Waals surface area contributed by atoms with Crippen molar-refractivity contribution >= 4 is 11.8 Å². The molecule has 106 valence electrons. The summed E-state index contributed by atoms with van der Waals surface area (Å²) in [5, 5.41) is 8.93. The highest BCUT2D eigenvalue weighted by atomic mass is 16.4. The van der Waals surface area contributed by atoms with Crippen LogP contribution >= 0.6 is 0 Å². The Morgan fingerprint density at radius 3 is 2.37 bits per heavy atom. The van der Waals surface area contributed by atoms with E-state index in [0.29, 0.717) is 0 Å². The number of aromatic nitrogens is 1. The van der Waals surface area contributed by atoms with E-state index >= 15 is 0 Å². The summed E-state index contributed by atoms with van der Waals surface area (Å²) in [7, 11) is 1.53. The highest BCUT2D eigenvalue weighted by molar-refractivity contribution is 5.64. The Morgan fingerprint density at radius 2 is 1.95 bits per heavy atom. The standard InChI is InChI=1S/C14H23N3O2/c1-8(2)11-6-10(7-17(5)14(18)19)16-13(9(3)4)12(11)15/h6,8-9H,7,15H2,1-5H3,(H,18,19). The third-order valence-corrected chi connectivity index (χ3v) is 3.07. The largest absolute Gasteiger partial charge is 0.465 e. The van der Waals surface area contributed by atoms with E-state index in [1.807, 2.05) is 19.9 Å². The van der Waals surface area contributed by atoms with Crippen molar-refractivity contribution in [1.29, 1.82) is 0 Å². The number of anilines is 1. The van der Waals surface area contributed by atoms with Gasteiger partial charge in [-0.3, -0.25) is 4.98 Å². The number of carboxylic acid groups (broad SMARTS) is 1. The van der Waals surface area contributed by atoms with Crippen LogP contribution in [-0.4, -0.2) is 28.1 Å². The zero-order valence-corrected chi connectivity index (χ0v) is 12.3. The van der Waals surface area contributed by atoms with E-state index in [2.05, 4.69) is 18.8 Å². The Labute approximate surface area is 114 Å². The van der Waals surface area contributed by atoms with Crippen molar-refractivity contribution in [3.05, 3.63) is 23.0 Å². The summed E-state index contributed by atoms with van der Waals surface area (Å²) in [5.74, 6) is 0.502. The summed E-state index contributed by atoms with van der Waals surface area (Å²) in [6.45, 7) is 8.48. The Balaban J connectivity index is 3.23. The highest BCUT2D eigenvalue weighted by Gasteiger charge is 2.16. The van der Waals surface area contributed by atoms with Gasteiger partial charge in [0, 0.05) is 7.05 Å². The molecule has 0 saturated carbocycles. The fourth-order valence-electron chi connectivity index (χ4n) is 1.96. The molecule has 1 aromatic heterocycles. The molecule has 0 aliphatic rings. The van der Waals surface area contributed by atoms with Gasteiger partial charge in [0.15, 0.2) is 0 Å². The van der Waals surface area contributed by atoms with Crippen LogP contribution in [0.15, 0.2) is 6.07 Å². The summed E-state index contributed by atoms with van der Waals surface area (Å²) in [5.41, 5.74) is 9.50. The highest BCUT2D eigenvalue weighted by Crippen LogP contribution is 2.29. The Kier molecular flexibility index (Phi) is 4.75. The molecule has 1 rings (SSSR count). The topological polar surface area (TPSA) is 79.5 Å². The van der Waals surface area contributed by atoms with Crippen molar-refractivity contribution in [2.45, 2.75) is 46.1 Å². The molecule has 1 amide bonds. The van der Waals surface area contributed by atoms with Gasteiger partial charge in [-0.15, -0.1) is 0 Å². The van der Waals surface area contributed by atoms with Crippen LogP contribution in [0.25, 0.3) is 0 Å². The molecule has 19 heavy (non-hydrogen) atoms. The number of nitrogen functional groups attached to an aromatic ring is 1. The smallest absolute Gasteiger partial charge is 0.407 e. The number of amides is 1. The summed E-state index contributed by atoms with van der Waals surface area (Å²) in [4.78, 5) is 16.6. The van der Waals surface area contributed by atoms with E-state index in [9.17, 15) is 4.79 Å². The molecule has 5 heteroatoms. The first-order chi connectivity index (χ1) is 8.73. The summed E-state index contributed by atoms with van der Waals surface area (Å²) in [6.07, 6.45) is -0.962. The molecule has 0 aliphatic carbocycles. The van der Waals surface area contributed by atoms with Crippen molar-refractivity contribution < 1.29 is 9.90 Å². The number of nitrogens with two attached hydrogens (primary N) is 1. The lowest BCUT2D eigenvalue weighted by atomic mass is 9.96. The maximum Gasteiger partial charge on any atom is 0.407 e. The van der Waals surface area contributed by atoms with Gasteiger partial charge in [-0.2, -0.15) is 0 Å². The molecule has 0 saturated heterocycles. The number of hydrogen-bond donors (Lipinski definition) is 2. The minimum Gasteiger partial charge on any atom is -0.465 e. The van der Waals surface area contributed by atoms with Crippen LogP contribution in [0.4, 0.5) is 10.5 Å². The molecule has 1 heterocycles. The monoisotopic (exact) mass is 265 g/mol. The second-order valence-electron chi connectivity index (χ2n) is 5.45. The second kappa shape index (κ2) is 5.91. The minimum absolute atomic E-state index is 0.215. The lowest BCUT2D eigenvalue weighted by Crippen LogP contribution is -2.25. The van der Waals surface area contributed by atoms with E-state index in [1.54, 1.807) is 0 Å². The number of hydrogen-bond acceptors (Lipinski definition) is 3. The van der Waals surface area contributed by atoms with Crippen molar-refractivity contribution in [2.75, 3.05) is 12.8 Å². The van der Waals surface area contributed by atoms with Crippen LogP contribution in [-0.2, 0) is 6.54 Å². The number of nitrogens with zero attached hydrogens (tertiary/aromatic N) is 2. The number of rotatable bonds is 4. The zero-order chi connectivity index (χ0) is 14.7. The molecule has 0 fully saturated rings. The molecular weight excluding hydrogens is 242 g/mol. The average Bonchev–Trinajstić information content (AvgIpc) is 2.30. The van der Waals surface area contributed by atoms with Crippen molar-refractivity contribution in [3.8, 4) is 0 Å². The third-order valence-electron chi connectivity index (χ3n) is 3.07. The van der Waals surface area contributed by atoms with Crippen molar-refractivity contribution in [3.63, 3.8) is 0 Å². The van der Waals surface area contributed by atoms with Gasteiger partial charge in [-0.1, -0.05) is 27.7 Å². The van der Waals surface area contributed by atoms with Crippen LogP contribution in [0, 0.1) is 0 Å². The quantitative estimate of drug-likeness (QED) is 0.877. The van der Waals surface area contributed by atoms with E-state index in [-0.39, 0.29) is 18.4 Å². The van der Waals surface area contributed by atoms with Gasteiger partial charge in [-0.05, 0) is 23.5 Å². The van der Waals surface area contributed by atoms with Gasteiger partial charge in [0.2, 0.25) is 0 Å². The van der Waals surface area contributed by atoms with E-state index in [0.717, 1.165) is 22.6 Å². The zero-order valence-electron chi connectivity index (χ0n) is 12.3.